The first kappa shape index (κ1) is 14.9. The summed E-state index contributed by atoms with van der Waals surface area (Å²) in [6, 6.07) is 10.6. The van der Waals surface area contributed by atoms with Gasteiger partial charge in [-0.3, -0.25) is 0 Å². The van der Waals surface area contributed by atoms with E-state index < -0.39 is 0 Å². The van der Waals surface area contributed by atoms with E-state index in [1.165, 1.54) is 21.9 Å². The Morgan fingerprint density at radius 2 is 2.10 bits per heavy atom. The quantitative estimate of drug-likeness (QED) is 0.708. The minimum Gasteiger partial charge on any atom is -0.332 e. The number of rotatable bonds is 4. The maximum Gasteiger partial charge on any atom is 0.0879 e. The van der Waals surface area contributed by atoms with Crippen molar-refractivity contribution >= 4 is 23.5 Å². The minimum atomic E-state index is 0.565. The Hall–Kier alpha value is -1.06. The molecule has 0 spiro atoms. The highest BCUT2D eigenvalue weighted by atomic mass is 32.2. The van der Waals surface area contributed by atoms with Crippen LogP contribution in [0.5, 0.6) is 0 Å². The third kappa shape index (κ3) is 2.69. The molecule has 2 aliphatic rings. The zero-order chi connectivity index (χ0) is 15.0. The molecule has 1 nitrogen and oxygen atoms in total. The van der Waals surface area contributed by atoms with Gasteiger partial charge in [0.15, 0.2) is 0 Å². The predicted octanol–water partition coefficient (Wildman–Crippen LogP) is 5.15. The summed E-state index contributed by atoms with van der Waals surface area (Å²) in [5.74, 6) is 2.73. The van der Waals surface area contributed by atoms with Crippen molar-refractivity contribution < 1.29 is 0 Å². The van der Waals surface area contributed by atoms with Crippen molar-refractivity contribution in [3.05, 3.63) is 66.0 Å². The Labute approximate surface area is 136 Å². The second kappa shape index (κ2) is 5.98. The molecule has 0 aliphatic carbocycles. The smallest absolute Gasteiger partial charge is 0.0879 e. The molecule has 1 saturated heterocycles. The lowest BCUT2D eigenvalue weighted by atomic mass is 9.93. The third-order valence-corrected chi connectivity index (χ3v) is 6.66. The van der Waals surface area contributed by atoms with Crippen molar-refractivity contribution in [3.63, 3.8) is 0 Å². The summed E-state index contributed by atoms with van der Waals surface area (Å²) in [5.41, 5.74) is 5.24. The van der Waals surface area contributed by atoms with E-state index >= 15 is 0 Å². The number of fused-ring (bicyclic) bond motifs is 1. The Kier molecular flexibility index (Phi) is 4.23. The van der Waals surface area contributed by atoms with E-state index in [2.05, 4.69) is 62.2 Å². The molecule has 1 fully saturated rings. The van der Waals surface area contributed by atoms with Gasteiger partial charge in [0.05, 0.1) is 5.37 Å². The highest BCUT2D eigenvalue weighted by Gasteiger charge is 2.44. The van der Waals surface area contributed by atoms with Gasteiger partial charge >= 0.3 is 0 Å². The Balaban J connectivity index is 1.81. The van der Waals surface area contributed by atoms with Gasteiger partial charge < -0.3 is 4.90 Å². The van der Waals surface area contributed by atoms with Crippen LogP contribution in [0.25, 0.3) is 0 Å². The lowest BCUT2D eigenvalue weighted by Gasteiger charge is -2.54. The fourth-order valence-corrected chi connectivity index (χ4v) is 5.41. The first-order valence-corrected chi connectivity index (χ1v) is 9.28. The summed E-state index contributed by atoms with van der Waals surface area (Å²) in [7, 11) is 0. The van der Waals surface area contributed by atoms with Crippen LogP contribution in [0.15, 0.2) is 70.9 Å². The SMILES string of the molecule is C=C(C)C1=C(CSc2ccccc2)CSC2C(C)C(=C)N12. The number of allylic oxidation sites excluding steroid dienone is 1. The molecule has 0 amide bonds. The Morgan fingerprint density at radius 3 is 2.76 bits per heavy atom. The molecule has 21 heavy (non-hydrogen) atoms. The largest absolute Gasteiger partial charge is 0.332 e. The van der Waals surface area contributed by atoms with E-state index in [1.54, 1.807) is 0 Å². The first-order chi connectivity index (χ1) is 10.1. The molecule has 0 saturated carbocycles. The second-order valence-corrected chi connectivity index (χ2v) is 7.84. The maximum atomic E-state index is 4.24. The fourth-order valence-electron chi connectivity index (χ4n) is 2.91. The van der Waals surface area contributed by atoms with E-state index in [4.69, 9.17) is 0 Å². The molecule has 3 rings (SSSR count). The van der Waals surface area contributed by atoms with Crippen LogP contribution in [-0.2, 0) is 0 Å². The molecule has 110 valence electrons. The van der Waals surface area contributed by atoms with Gasteiger partial charge in [0.25, 0.3) is 0 Å². The summed E-state index contributed by atoms with van der Waals surface area (Å²) in [5, 5.41) is 0.565. The topological polar surface area (TPSA) is 3.24 Å². The molecular formula is C18H21NS2. The highest BCUT2D eigenvalue weighted by Crippen LogP contribution is 2.50. The van der Waals surface area contributed by atoms with Crippen LogP contribution in [0.3, 0.4) is 0 Å². The summed E-state index contributed by atoms with van der Waals surface area (Å²) in [6.07, 6.45) is 0. The molecule has 2 atom stereocenters. The second-order valence-electron chi connectivity index (χ2n) is 5.69. The zero-order valence-corrected chi connectivity index (χ0v) is 14.3. The zero-order valence-electron chi connectivity index (χ0n) is 12.6. The average Bonchev–Trinajstić information content (AvgIpc) is 2.52. The lowest BCUT2D eigenvalue weighted by Crippen LogP contribution is -2.52. The number of hydrogen-bond acceptors (Lipinski definition) is 3. The standard InChI is InChI=1S/C18H21NS2/c1-12(2)17-15(10-20-16-8-6-5-7-9-16)11-21-18-13(3)14(4)19(17)18/h5-9,13,18H,1,4,10-11H2,2-3H3. The van der Waals surface area contributed by atoms with Gasteiger partial charge in [-0.2, -0.15) is 0 Å². The number of benzene rings is 1. The van der Waals surface area contributed by atoms with Gasteiger partial charge in [0, 0.05) is 33.7 Å². The molecule has 1 aromatic carbocycles. The van der Waals surface area contributed by atoms with E-state index in [0.717, 1.165) is 17.1 Å². The van der Waals surface area contributed by atoms with Gasteiger partial charge in [-0.25, -0.2) is 0 Å². The number of hydrogen-bond donors (Lipinski definition) is 0. The van der Waals surface area contributed by atoms with E-state index in [0.29, 0.717) is 11.3 Å². The van der Waals surface area contributed by atoms with Gasteiger partial charge in [-0.05, 0) is 30.2 Å². The fraction of sp³-hybridized carbons (Fsp3) is 0.333. The molecule has 1 aromatic rings. The average molecular weight is 316 g/mol. The lowest BCUT2D eigenvalue weighted by molar-refractivity contribution is 0.210. The molecule has 2 heterocycles. The third-order valence-electron chi connectivity index (χ3n) is 4.08. The summed E-state index contributed by atoms with van der Waals surface area (Å²) < 4.78 is 0. The van der Waals surface area contributed by atoms with E-state index in [1.807, 2.05) is 23.5 Å². The number of nitrogens with zero attached hydrogens (tertiary/aromatic N) is 1. The normalized spacial score (nSPS) is 24.7. The Morgan fingerprint density at radius 1 is 1.38 bits per heavy atom. The summed E-state index contributed by atoms with van der Waals surface area (Å²) in [6.45, 7) is 12.8. The van der Waals surface area contributed by atoms with Gasteiger partial charge in [-0.1, -0.05) is 38.3 Å². The summed E-state index contributed by atoms with van der Waals surface area (Å²) >= 11 is 3.95. The monoisotopic (exact) mass is 315 g/mol. The van der Waals surface area contributed by atoms with Crippen LogP contribution in [-0.4, -0.2) is 21.8 Å². The van der Waals surface area contributed by atoms with Crippen molar-refractivity contribution in [2.24, 2.45) is 5.92 Å². The molecule has 2 unspecified atom stereocenters. The molecule has 2 aliphatic heterocycles. The maximum absolute atomic E-state index is 4.24. The molecule has 0 aromatic heterocycles. The van der Waals surface area contributed by atoms with Crippen molar-refractivity contribution in [2.45, 2.75) is 24.1 Å². The van der Waals surface area contributed by atoms with Crippen LogP contribution in [0.1, 0.15) is 13.8 Å². The van der Waals surface area contributed by atoms with E-state index in [9.17, 15) is 0 Å². The first-order valence-electron chi connectivity index (χ1n) is 7.25. The van der Waals surface area contributed by atoms with Crippen LogP contribution in [0, 0.1) is 5.92 Å². The molecule has 0 N–H and O–H groups in total. The Bertz CT molecular complexity index is 603. The van der Waals surface area contributed by atoms with Gasteiger partial charge in [0.2, 0.25) is 0 Å². The highest BCUT2D eigenvalue weighted by molar-refractivity contribution is 8.01. The predicted molar refractivity (Wildman–Crippen MR) is 95.4 cm³/mol. The molecule has 0 radical (unpaired) electrons. The van der Waals surface area contributed by atoms with Crippen LogP contribution < -0.4 is 0 Å². The number of thioether (sulfide) groups is 2. The van der Waals surface area contributed by atoms with Crippen molar-refractivity contribution in [1.29, 1.82) is 0 Å². The molecule has 0 bridgehead atoms. The van der Waals surface area contributed by atoms with Crippen molar-refractivity contribution in [1.82, 2.24) is 4.90 Å². The summed E-state index contributed by atoms with van der Waals surface area (Å²) in [4.78, 5) is 3.73. The van der Waals surface area contributed by atoms with Gasteiger partial charge in [0.1, 0.15) is 0 Å². The molecule has 3 heteroatoms. The van der Waals surface area contributed by atoms with Crippen molar-refractivity contribution in [3.8, 4) is 0 Å². The van der Waals surface area contributed by atoms with Crippen molar-refractivity contribution in [2.75, 3.05) is 11.5 Å². The van der Waals surface area contributed by atoms with Crippen LogP contribution in [0.2, 0.25) is 0 Å². The molecular weight excluding hydrogens is 294 g/mol. The van der Waals surface area contributed by atoms with Crippen LogP contribution in [0.4, 0.5) is 0 Å². The van der Waals surface area contributed by atoms with E-state index in [-0.39, 0.29) is 0 Å². The van der Waals surface area contributed by atoms with Crippen LogP contribution >= 0.6 is 23.5 Å². The van der Waals surface area contributed by atoms with Gasteiger partial charge in [-0.15, -0.1) is 23.5 Å². The minimum absolute atomic E-state index is 0.565.